The van der Waals surface area contributed by atoms with Crippen molar-refractivity contribution in [3.05, 3.63) is 36.9 Å². The first-order valence-electron chi connectivity index (χ1n) is 4.88. The monoisotopic (exact) mass is 279 g/mol. The highest BCUT2D eigenvalue weighted by Gasteiger charge is 2.61. The first-order chi connectivity index (χ1) is 8.79. The van der Waals surface area contributed by atoms with Gasteiger partial charge in [0.2, 0.25) is 0 Å². The zero-order valence-electron chi connectivity index (χ0n) is 9.10. The van der Waals surface area contributed by atoms with Gasteiger partial charge in [-0.25, -0.2) is 9.67 Å². The van der Waals surface area contributed by atoms with Gasteiger partial charge in [0.25, 0.3) is 0 Å². The van der Waals surface area contributed by atoms with Gasteiger partial charge in [0.1, 0.15) is 18.4 Å². The minimum absolute atomic E-state index is 0.445. The molecule has 0 saturated heterocycles. The predicted octanol–water partition coefficient (Wildman–Crippen LogP) is 2.80. The van der Waals surface area contributed by atoms with Crippen molar-refractivity contribution >= 4 is 0 Å². The van der Waals surface area contributed by atoms with Gasteiger partial charge in [-0.2, -0.15) is 27.1 Å². The molecular formula is C10H6F5N3O. The van der Waals surface area contributed by atoms with Crippen LogP contribution in [0.5, 0.6) is 5.75 Å². The molecule has 1 aromatic heterocycles. The van der Waals surface area contributed by atoms with Crippen molar-refractivity contribution in [3.8, 4) is 11.4 Å². The van der Waals surface area contributed by atoms with Gasteiger partial charge in [0.05, 0.1) is 5.69 Å². The van der Waals surface area contributed by atoms with Crippen molar-refractivity contribution in [2.75, 3.05) is 0 Å². The summed E-state index contributed by atoms with van der Waals surface area (Å²) in [5, 5.41) is 3.77. The van der Waals surface area contributed by atoms with E-state index in [1.165, 1.54) is 29.5 Å². The third-order valence-electron chi connectivity index (χ3n) is 2.10. The highest BCUT2D eigenvalue weighted by atomic mass is 19.4. The normalized spacial score (nSPS) is 12.5. The molecule has 0 N–H and O–H groups in total. The fraction of sp³-hybridized carbons (Fsp3) is 0.200. The molecule has 2 rings (SSSR count). The maximum absolute atomic E-state index is 12.6. The topological polar surface area (TPSA) is 39.9 Å². The average molecular weight is 279 g/mol. The van der Waals surface area contributed by atoms with Crippen LogP contribution in [0.1, 0.15) is 0 Å². The largest absolute Gasteiger partial charge is 0.499 e. The average Bonchev–Trinajstić information content (AvgIpc) is 2.81. The number of hydrogen-bond donors (Lipinski definition) is 0. The van der Waals surface area contributed by atoms with Gasteiger partial charge in [-0.1, -0.05) is 0 Å². The second kappa shape index (κ2) is 4.48. The molecular weight excluding hydrogens is 273 g/mol. The van der Waals surface area contributed by atoms with E-state index in [0.717, 1.165) is 12.1 Å². The molecule has 102 valence electrons. The molecule has 0 fully saturated rings. The molecule has 1 heterocycles. The molecule has 9 heteroatoms. The van der Waals surface area contributed by atoms with E-state index in [-0.39, 0.29) is 0 Å². The summed E-state index contributed by atoms with van der Waals surface area (Å²) in [7, 11) is 0. The van der Waals surface area contributed by atoms with Crippen LogP contribution in [-0.2, 0) is 0 Å². The molecule has 0 amide bonds. The van der Waals surface area contributed by atoms with E-state index in [2.05, 4.69) is 14.8 Å². The molecule has 2 aromatic rings. The first kappa shape index (κ1) is 13.2. The van der Waals surface area contributed by atoms with Crippen molar-refractivity contribution < 1.29 is 26.7 Å². The van der Waals surface area contributed by atoms with Gasteiger partial charge in [0.15, 0.2) is 0 Å². The van der Waals surface area contributed by atoms with Crippen LogP contribution < -0.4 is 4.74 Å². The molecule has 0 aliphatic rings. The van der Waals surface area contributed by atoms with Gasteiger partial charge in [-0.15, -0.1) is 0 Å². The Kier molecular flexibility index (Phi) is 3.13. The molecule has 0 bridgehead atoms. The minimum Gasteiger partial charge on any atom is -0.426 e. The number of ether oxygens (including phenoxy) is 1. The van der Waals surface area contributed by atoms with E-state index < -0.39 is 18.0 Å². The summed E-state index contributed by atoms with van der Waals surface area (Å²) in [5.41, 5.74) is 0.445. The maximum Gasteiger partial charge on any atom is 0.499 e. The Morgan fingerprint density at radius 3 is 2.11 bits per heavy atom. The van der Waals surface area contributed by atoms with Gasteiger partial charge >= 0.3 is 12.3 Å². The van der Waals surface area contributed by atoms with E-state index in [4.69, 9.17) is 0 Å². The maximum atomic E-state index is 12.6. The molecule has 0 atom stereocenters. The molecule has 0 aliphatic carbocycles. The Labute approximate surface area is 103 Å². The number of halogens is 5. The van der Waals surface area contributed by atoms with Crippen LogP contribution in [-0.4, -0.2) is 27.0 Å². The highest BCUT2D eigenvalue weighted by Crippen LogP contribution is 2.37. The second-order valence-corrected chi connectivity index (χ2v) is 3.45. The molecule has 0 radical (unpaired) electrons. The summed E-state index contributed by atoms with van der Waals surface area (Å²) in [6, 6.07) is 4.51. The number of aromatic nitrogens is 3. The lowest BCUT2D eigenvalue weighted by atomic mass is 10.3. The number of rotatable bonds is 3. The number of benzene rings is 1. The van der Waals surface area contributed by atoms with Crippen LogP contribution in [0.3, 0.4) is 0 Å². The van der Waals surface area contributed by atoms with Crippen LogP contribution in [0, 0.1) is 0 Å². The zero-order valence-corrected chi connectivity index (χ0v) is 9.10. The van der Waals surface area contributed by atoms with Crippen molar-refractivity contribution in [3.63, 3.8) is 0 Å². The van der Waals surface area contributed by atoms with Gasteiger partial charge in [-0.3, -0.25) is 0 Å². The molecule has 0 unspecified atom stereocenters. The number of hydrogen-bond acceptors (Lipinski definition) is 3. The van der Waals surface area contributed by atoms with E-state index in [0.29, 0.717) is 5.69 Å². The Bertz CT molecular complexity index is 535. The van der Waals surface area contributed by atoms with Crippen molar-refractivity contribution in [1.29, 1.82) is 0 Å². The summed E-state index contributed by atoms with van der Waals surface area (Å²) < 4.78 is 65.9. The summed E-state index contributed by atoms with van der Waals surface area (Å²) >= 11 is 0. The van der Waals surface area contributed by atoms with E-state index in [1.54, 1.807) is 0 Å². The number of alkyl halides is 5. The van der Waals surface area contributed by atoms with Gasteiger partial charge < -0.3 is 4.74 Å². The fourth-order valence-corrected chi connectivity index (χ4v) is 1.21. The molecule has 0 aliphatic heterocycles. The second-order valence-electron chi connectivity index (χ2n) is 3.45. The third kappa shape index (κ3) is 2.80. The Hall–Kier alpha value is -2.19. The summed E-state index contributed by atoms with van der Waals surface area (Å²) in [5.74, 6) is -0.605. The summed E-state index contributed by atoms with van der Waals surface area (Å²) in [6.45, 7) is 0. The molecule has 0 spiro atoms. The van der Waals surface area contributed by atoms with Crippen LogP contribution >= 0.6 is 0 Å². The van der Waals surface area contributed by atoms with E-state index >= 15 is 0 Å². The highest BCUT2D eigenvalue weighted by molar-refractivity contribution is 5.36. The van der Waals surface area contributed by atoms with Gasteiger partial charge in [-0.05, 0) is 24.3 Å². The van der Waals surface area contributed by atoms with Crippen molar-refractivity contribution in [2.45, 2.75) is 12.3 Å². The van der Waals surface area contributed by atoms with Crippen LogP contribution in [0.25, 0.3) is 5.69 Å². The number of nitrogens with zero attached hydrogens (tertiary/aromatic N) is 3. The molecule has 1 aromatic carbocycles. The zero-order chi connectivity index (χ0) is 14.1. The quantitative estimate of drug-likeness (QED) is 0.811. The van der Waals surface area contributed by atoms with Crippen molar-refractivity contribution in [1.82, 2.24) is 14.8 Å². The Balaban J connectivity index is 2.16. The Morgan fingerprint density at radius 2 is 1.63 bits per heavy atom. The lowest BCUT2D eigenvalue weighted by molar-refractivity contribution is -0.360. The van der Waals surface area contributed by atoms with Gasteiger partial charge in [0, 0.05) is 0 Å². The van der Waals surface area contributed by atoms with Crippen molar-refractivity contribution in [2.24, 2.45) is 0 Å². The molecule has 0 saturated carbocycles. The predicted molar refractivity (Wildman–Crippen MR) is 53.0 cm³/mol. The molecule has 4 nitrogen and oxygen atoms in total. The van der Waals surface area contributed by atoms with E-state index in [9.17, 15) is 22.0 Å². The minimum atomic E-state index is -5.77. The van der Waals surface area contributed by atoms with Crippen LogP contribution in [0.15, 0.2) is 36.9 Å². The standard InChI is InChI=1S/C10H6F5N3O/c11-9(12,13)10(14,15)19-8-3-1-7(2-4-8)18-6-16-5-17-18/h1-6H. The van der Waals surface area contributed by atoms with E-state index in [1.807, 2.05) is 0 Å². The van der Waals surface area contributed by atoms with Crippen LogP contribution in [0.4, 0.5) is 22.0 Å². The summed E-state index contributed by atoms with van der Waals surface area (Å²) in [4.78, 5) is 3.66. The smallest absolute Gasteiger partial charge is 0.426 e. The fourth-order valence-electron chi connectivity index (χ4n) is 1.21. The lowest BCUT2D eigenvalue weighted by Gasteiger charge is -2.20. The van der Waals surface area contributed by atoms with Crippen LogP contribution in [0.2, 0.25) is 0 Å². The third-order valence-corrected chi connectivity index (χ3v) is 2.10. The first-order valence-corrected chi connectivity index (χ1v) is 4.88. The summed E-state index contributed by atoms with van der Waals surface area (Å²) in [6.07, 6.45) is -8.40. The molecule has 19 heavy (non-hydrogen) atoms. The SMILES string of the molecule is FC(F)(F)C(F)(F)Oc1ccc(-n2cncn2)cc1. The lowest BCUT2D eigenvalue weighted by Crippen LogP contribution is -2.41. The Morgan fingerprint density at radius 1 is 1.00 bits per heavy atom.